The Balaban J connectivity index is 1.88. The highest BCUT2D eigenvalue weighted by Gasteiger charge is 2.30. The molecule has 1 aromatic heterocycles. The molecule has 0 aliphatic carbocycles. The van der Waals surface area contributed by atoms with Crippen molar-refractivity contribution in [3.63, 3.8) is 0 Å². The van der Waals surface area contributed by atoms with Crippen LogP contribution in [0.5, 0.6) is 0 Å². The SMILES string of the molecule is Cc1ccccc1C(=O)Nc1cc(C)n(-c2cccc(C(F)(F)F)c2)n1. The third-order valence-electron chi connectivity index (χ3n) is 3.94. The molecule has 0 spiro atoms. The molecule has 3 aromatic rings. The molecular formula is C19H16F3N3O. The summed E-state index contributed by atoms with van der Waals surface area (Å²) in [5.41, 5.74) is 1.45. The van der Waals surface area contributed by atoms with Gasteiger partial charge in [-0.1, -0.05) is 24.3 Å². The quantitative estimate of drug-likeness (QED) is 0.733. The molecule has 0 saturated heterocycles. The molecule has 3 rings (SSSR count). The van der Waals surface area contributed by atoms with Gasteiger partial charge in [-0.25, -0.2) is 4.68 Å². The van der Waals surface area contributed by atoms with Crippen LogP contribution in [0.2, 0.25) is 0 Å². The molecule has 0 radical (unpaired) electrons. The van der Waals surface area contributed by atoms with Gasteiger partial charge in [0.15, 0.2) is 5.82 Å². The molecule has 4 nitrogen and oxygen atoms in total. The molecule has 134 valence electrons. The maximum Gasteiger partial charge on any atom is 0.416 e. The van der Waals surface area contributed by atoms with Crippen molar-refractivity contribution >= 4 is 11.7 Å². The summed E-state index contributed by atoms with van der Waals surface area (Å²) in [4.78, 5) is 12.4. The number of halogens is 3. The van der Waals surface area contributed by atoms with Crippen LogP contribution in [-0.4, -0.2) is 15.7 Å². The lowest BCUT2D eigenvalue weighted by atomic mass is 10.1. The number of hydrogen-bond acceptors (Lipinski definition) is 2. The number of benzene rings is 2. The predicted octanol–water partition coefficient (Wildman–Crippen LogP) is 4.76. The van der Waals surface area contributed by atoms with Crippen molar-refractivity contribution in [2.24, 2.45) is 0 Å². The first-order valence-electron chi connectivity index (χ1n) is 7.87. The number of carbonyl (C=O) groups is 1. The first kappa shape index (κ1) is 17.7. The normalized spacial score (nSPS) is 11.4. The average molecular weight is 359 g/mol. The van der Waals surface area contributed by atoms with Crippen molar-refractivity contribution < 1.29 is 18.0 Å². The molecule has 0 aliphatic heterocycles. The van der Waals surface area contributed by atoms with Crippen molar-refractivity contribution in [2.75, 3.05) is 5.32 Å². The Morgan fingerprint density at radius 3 is 2.46 bits per heavy atom. The lowest BCUT2D eigenvalue weighted by molar-refractivity contribution is -0.137. The van der Waals surface area contributed by atoms with Crippen LogP contribution in [0.3, 0.4) is 0 Å². The number of alkyl halides is 3. The number of amides is 1. The summed E-state index contributed by atoms with van der Waals surface area (Å²) in [7, 11) is 0. The van der Waals surface area contributed by atoms with Crippen molar-refractivity contribution in [3.8, 4) is 5.69 Å². The van der Waals surface area contributed by atoms with E-state index >= 15 is 0 Å². The van der Waals surface area contributed by atoms with Crippen molar-refractivity contribution in [2.45, 2.75) is 20.0 Å². The third-order valence-corrected chi connectivity index (χ3v) is 3.94. The highest BCUT2D eigenvalue weighted by atomic mass is 19.4. The Morgan fingerprint density at radius 1 is 1.04 bits per heavy atom. The van der Waals surface area contributed by atoms with Crippen LogP contribution in [0.15, 0.2) is 54.6 Å². The first-order chi connectivity index (χ1) is 12.3. The molecule has 26 heavy (non-hydrogen) atoms. The minimum atomic E-state index is -4.43. The largest absolute Gasteiger partial charge is 0.416 e. The van der Waals surface area contributed by atoms with Crippen LogP contribution in [0.1, 0.15) is 27.2 Å². The summed E-state index contributed by atoms with van der Waals surface area (Å²) in [5.74, 6) is -0.0510. The van der Waals surface area contributed by atoms with Gasteiger partial charge in [0.25, 0.3) is 5.91 Å². The monoisotopic (exact) mass is 359 g/mol. The third kappa shape index (κ3) is 3.61. The van der Waals surface area contributed by atoms with Crippen LogP contribution in [0, 0.1) is 13.8 Å². The predicted molar refractivity (Wildman–Crippen MR) is 92.4 cm³/mol. The fourth-order valence-corrected chi connectivity index (χ4v) is 2.62. The van der Waals surface area contributed by atoms with Crippen LogP contribution >= 0.6 is 0 Å². The topological polar surface area (TPSA) is 46.9 Å². The molecule has 1 N–H and O–H groups in total. The number of anilines is 1. The van der Waals surface area contributed by atoms with E-state index in [1.165, 1.54) is 16.8 Å². The number of rotatable bonds is 3. The maximum absolute atomic E-state index is 12.9. The van der Waals surface area contributed by atoms with Crippen LogP contribution < -0.4 is 5.32 Å². The first-order valence-corrected chi connectivity index (χ1v) is 7.87. The fraction of sp³-hybridized carbons (Fsp3) is 0.158. The lowest BCUT2D eigenvalue weighted by Gasteiger charge is -2.09. The molecule has 0 fully saturated rings. The molecule has 7 heteroatoms. The van der Waals surface area contributed by atoms with Gasteiger partial charge in [-0.3, -0.25) is 4.79 Å². The number of carbonyl (C=O) groups excluding carboxylic acids is 1. The van der Waals surface area contributed by atoms with E-state index in [9.17, 15) is 18.0 Å². The Labute approximate surface area is 148 Å². The summed E-state index contributed by atoms with van der Waals surface area (Å²) in [5, 5.41) is 6.90. The number of aromatic nitrogens is 2. The second-order valence-electron chi connectivity index (χ2n) is 5.90. The van der Waals surface area contributed by atoms with E-state index in [-0.39, 0.29) is 17.4 Å². The van der Waals surface area contributed by atoms with Crippen molar-refractivity contribution in [1.82, 2.24) is 9.78 Å². The van der Waals surface area contributed by atoms with Gasteiger partial charge in [0.2, 0.25) is 0 Å². The Kier molecular flexibility index (Phi) is 4.54. The van der Waals surface area contributed by atoms with E-state index in [2.05, 4.69) is 10.4 Å². The second kappa shape index (κ2) is 6.67. The second-order valence-corrected chi connectivity index (χ2v) is 5.90. The molecule has 1 heterocycles. The van der Waals surface area contributed by atoms with Gasteiger partial charge in [-0.15, -0.1) is 5.10 Å². The smallest absolute Gasteiger partial charge is 0.305 e. The Bertz CT molecular complexity index is 961. The summed E-state index contributed by atoms with van der Waals surface area (Å²) >= 11 is 0. The lowest BCUT2D eigenvalue weighted by Crippen LogP contribution is -2.14. The van der Waals surface area contributed by atoms with Gasteiger partial charge < -0.3 is 5.32 Å². The molecule has 0 saturated carbocycles. The van der Waals surface area contributed by atoms with Crippen LogP contribution in [0.25, 0.3) is 5.69 Å². The van der Waals surface area contributed by atoms with Gasteiger partial charge >= 0.3 is 6.18 Å². The number of hydrogen-bond donors (Lipinski definition) is 1. The average Bonchev–Trinajstić information content (AvgIpc) is 2.95. The van der Waals surface area contributed by atoms with Crippen LogP contribution in [-0.2, 0) is 6.18 Å². The van der Waals surface area contributed by atoms with Crippen molar-refractivity contribution in [3.05, 3.63) is 77.0 Å². The minimum Gasteiger partial charge on any atom is -0.305 e. The van der Waals surface area contributed by atoms with Crippen molar-refractivity contribution in [1.29, 1.82) is 0 Å². The Hall–Kier alpha value is -3.09. The van der Waals surface area contributed by atoms with E-state index < -0.39 is 11.7 Å². The molecule has 2 aromatic carbocycles. The molecule has 1 amide bonds. The molecule has 0 atom stereocenters. The molecule has 0 unspecified atom stereocenters. The highest BCUT2D eigenvalue weighted by molar-refractivity contribution is 6.04. The van der Waals surface area contributed by atoms with Gasteiger partial charge in [0.1, 0.15) is 0 Å². The number of nitrogens with zero attached hydrogens (tertiary/aromatic N) is 2. The highest BCUT2D eigenvalue weighted by Crippen LogP contribution is 2.30. The molecular weight excluding hydrogens is 343 g/mol. The van der Waals surface area contributed by atoms with E-state index in [4.69, 9.17) is 0 Å². The van der Waals surface area contributed by atoms with E-state index in [1.54, 1.807) is 25.1 Å². The number of nitrogens with one attached hydrogen (secondary N) is 1. The molecule has 0 bridgehead atoms. The van der Waals surface area contributed by atoms with Gasteiger partial charge in [-0.05, 0) is 43.7 Å². The minimum absolute atomic E-state index is 0.271. The zero-order chi connectivity index (χ0) is 18.9. The summed E-state index contributed by atoms with van der Waals surface area (Å²) in [6.07, 6.45) is -4.43. The standard InChI is InChI=1S/C19H16F3N3O/c1-12-6-3-4-9-16(12)18(26)23-17-10-13(2)25(24-17)15-8-5-7-14(11-15)19(20,21)22/h3-11H,1-2H3,(H,23,24,26). The molecule has 0 aliphatic rings. The van der Waals surface area contributed by atoms with E-state index in [1.807, 2.05) is 19.1 Å². The van der Waals surface area contributed by atoms with Gasteiger partial charge in [0.05, 0.1) is 11.3 Å². The maximum atomic E-state index is 12.9. The van der Waals surface area contributed by atoms with Gasteiger partial charge in [-0.2, -0.15) is 13.2 Å². The van der Waals surface area contributed by atoms with E-state index in [0.29, 0.717) is 11.3 Å². The zero-order valence-corrected chi connectivity index (χ0v) is 14.1. The van der Waals surface area contributed by atoms with Crippen LogP contribution in [0.4, 0.5) is 19.0 Å². The summed E-state index contributed by atoms with van der Waals surface area (Å²) in [6, 6.07) is 13.6. The Morgan fingerprint density at radius 2 is 1.77 bits per heavy atom. The summed E-state index contributed by atoms with van der Waals surface area (Å²) in [6.45, 7) is 3.53. The van der Waals surface area contributed by atoms with E-state index in [0.717, 1.165) is 17.7 Å². The summed E-state index contributed by atoms with van der Waals surface area (Å²) < 4.78 is 40.1. The number of aryl methyl sites for hydroxylation is 2. The zero-order valence-electron chi connectivity index (χ0n) is 14.1. The van der Waals surface area contributed by atoms with Gasteiger partial charge in [0, 0.05) is 17.3 Å². The fourth-order valence-electron chi connectivity index (χ4n) is 2.62.